The molecule has 2 aromatic rings. The molecule has 5 nitrogen and oxygen atoms in total. The molecule has 0 saturated carbocycles. The second kappa shape index (κ2) is 6.49. The minimum absolute atomic E-state index is 0.168. The summed E-state index contributed by atoms with van der Waals surface area (Å²) >= 11 is 5.14. The molecule has 1 heterocycles. The molecule has 0 aliphatic carbocycles. The first-order valence-electron chi connectivity index (χ1n) is 6.58. The fraction of sp³-hybridized carbons (Fsp3) is 0.267. The van der Waals surface area contributed by atoms with Crippen molar-refractivity contribution < 1.29 is 0 Å². The van der Waals surface area contributed by atoms with Gasteiger partial charge in [0.2, 0.25) is 0 Å². The van der Waals surface area contributed by atoms with Gasteiger partial charge in [0.15, 0.2) is 0 Å². The van der Waals surface area contributed by atoms with Crippen LogP contribution in [0.5, 0.6) is 0 Å². The van der Waals surface area contributed by atoms with Crippen LogP contribution in [0.2, 0.25) is 0 Å². The Hall–Kier alpha value is -2.21. The summed E-state index contributed by atoms with van der Waals surface area (Å²) < 4.78 is 1.39. The summed E-state index contributed by atoms with van der Waals surface area (Å²) in [5, 5.41) is 4.19. The van der Waals surface area contributed by atoms with Crippen molar-refractivity contribution in [3.63, 3.8) is 0 Å². The van der Waals surface area contributed by atoms with E-state index in [-0.39, 0.29) is 11.5 Å². The summed E-state index contributed by atoms with van der Waals surface area (Å²) in [6, 6.07) is 11.2. The molecule has 21 heavy (non-hydrogen) atoms. The molecule has 1 unspecified atom stereocenters. The normalized spacial score (nSPS) is 11.9. The Morgan fingerprint density at radius 3 is 2.57 bits per heavy atom. The lowest BCUT2D eigenvalue weighted by Crippen LogP contribution is -2.31. The van der Waals surface area contributed by atoms with E-state index in [2.05, 4.69) is 5.10 Å². The van der Waals surface area contributed by atoms with Gasteiger partial charge in [0.05, 0.1) is 29.3 Å². The second-order valence-electron chi connectivity index (χ2n) is 4.99. The van der Waals surface area contributed by atoms with E-state index in [9.17, 15) is 4.79 Å². The predicted molar refractivity (Wildman–Crippen MR) is 88.8 cm³/mol. The number of nitrogens with zero attached hydrogens (tertiary/aromatic N) is 3. The third-order valence-corrected chi connectivity index (χ3v) is 3.56. The Balaban J connectivity index is 2.30. The van der Waals surface area contributed by atoms with Crippen LogP contribution in [0.4, 0.5) is 5.69 Å². The molecule has 0 fully saturated rings. The van der Waals surface area contributed by atoms with E-state index in [1.807, 2.05) is 49.3 Å². The van der Waals surface area contributed by atoms with Crippen molar-refractivity contribution in [2.75, 3.05) is 19.0 Å². The molecule has 2 N–H and O–H groups in total. The summed E-state index contributed by atoms with van der Waals surface area (Å²) in [6.45, 7) is 0.339. The molecule has 1 aromatic carbocycles. The topological polar surface area (TPSA) is 64.2 Å². The van der Waals surface area contributed by atoms with E-state index in [1.165, 1.54) is 4.68 Å². The number of aromatic nitrogens is 2. The molecule has 0 amide bonds. The monoisotopic (exact) mass is 302 g/mol. The van der Waals surface area contributed by atoms with Gasteiger partial charge < -0.3 is 10.6 Å². The Kier molecular flexibility index (Phi) is 4.70. The molecule has 1 aromatic heterocycles. The van der Waals surface area contributed by atoms with Crippen molar-refractivity contribution in [2.24, 2.45) is 5.73 Å². The van der Waals surface area contributed by atoms with Crippen LogP contribution in [-0.2, 0) is 6.54 Å². The Morgan fingerprint density at radius 1 is 1.38 bits per heavy atom. The Morgan fingerprint density at radius 2 is 2.05 bits per heavy atom. The van der Waals surface area contributed by atoms with Crippen LogP contribution in [-0.4, -0.2) is 28.9 Å². The maximum Gasteiger partial charge on any atom is 0.268 e. The fourth-order valence-corrected chi connectivity index (χ4v) is 2.23. The summed E-state index contributed by atoms with van der Waals surface area (Å²) in [7, 11) is 3.73. The lowest BCUT2D eigenvalue weighted by molar-refractivity contribution is 0.557. The van der Waals surface area contributed by atoms with Gasteiger partial charge in [0.25, 0.3) is 5.56 Å². The first kappa shape index (κ1) is 15.2. The second-order valence-corrected chi connectivity index (χ2v) is 5.47. The molecule has 2 rings (SSSR count). The summed E-state index contributed by atoms with van der Waals surface area (Å²) in [4.78, 5) is 14.3. The van der Waals surface area contributed by atoms with E-state index in [4.69, 9.17) is 18.0 Å². The minimum Gasteiger partial charge on any atom is -0.393 e. The first-order chi connectivity index (χ1) is 9.99. The van der Waals surface area contributed by atoms with Gasteiger partial charge in [-0.1, -0.05) is 42.5 Å². The number of anilines is 1. The van der Waals surface area contributed by atoms with Crippen LogP contribution in [0.1, 0.15) is 11.5 Å². The Labute approximate surface area is 129 Å². The first-order valence-corrected chi connectivity index (χ1v) is 6.98. The number of hydrogen-bond donors (Lipinski definition) is 1. The highest BCUT2D eigenvalue weighted by atomic mass is 32.1. The molecule has 6 heteroatoms. The summed E-state index contributed by atoms with van der Waals surface area (Å²) in [5.74, 6) is -0.211. The number of thiocarbonyl (C=S) groups is 1. The molecule has 110 valence electrons. The number of nitrogens with two attached hydrogens (primary N) is 1. The van der Waals surface area contributed by atoms with Gasteiger partial charge in [0, 0.05) is 20.2 Å². The van der Waals surface area contributed by atoms with Crippen molar-refractivity contribution in [3.8, 4) is 0 Å². The third-order valence-electron chi connectivity index (χ3n) is 3.27. The average Bonchev–Trinajstić information content (AvgIpc) is 2.46. The maximum absolute atomic E-state index is 12.1. The summed E-state index contributed by atoms with van der Waals surface area (Å²) in [5.41, 5.74) is 7.41. The Bertz CT molecular complexity index is 682. The lowest BCUT2D eigenvalue weighted by atomic mass is 9.99. The van der Waals surface area contributed by atoms with Crippen molar-refractivity contribution in [1.29, 1.82) is 0 Å². The van der Waals surface area contributed by atoms with Crippen molar-refractivity contribution in [3.05, 3.63) is 58.5 Å². The van der Waals surface area contributed by atoms with E-state index in [0.717, 1.165) is 11.3 Å². The fourth-order valence-electron chi connectivity index (χ4n) is 2.02. The molecular weight excluding hydrogens is 284 g/mol. The van der Waals surface area contributed by atoms with Crippen LogP contribution < -0.4 is 16.2 Å². The molecule has 0 aliphatic rings. The number of hydrogen-bond acceptors (Lipinski definition) is 4. The number of rotatable bonds is 5. The van der Waals surface area contributed by atoms with Gasteiger partial charge in [-0.05, 0) is 5.56 Å². The third kappa shape index (κ3) is 3.66. The van der Waals surface area contributed by atoms with Gasteiger partial charge in [-0.15, -0.1) is 0 Å². The zero-order valence-corrected chi connectivity index (χ0v) is 12.9. The number of benzene rings is 1. The van der Waals surface area contributed by atoms with Gasteiger partial charge in [-0.3, -0.25) is 4.79 Å². The van der Waals surface area contributed by atoms with E-state index < -0.39 is 0 Å². The van der Waals surface area contributed by atoms with Crippen molar-refractivity contribution in [1.82, 2.24) is 9.78 Å². The van der Waals surface area contributed by atoms with Crippen LogP contribution >= 0.6 is 12.2 Å². The molecule has 0 radical (unpaired) electrons. The van der Waals surface area contributed by atoms with Crippen LogP contribution in [0, 0.1) is 0 Å². The quantitative estimate of drug-likeness (QED) is 0.845. The zero-order valence-electron chi connectivity index (χ0n) is 12.1. The van der Waals surface area contributed by atoms with Crippen LogP contribution in [0.15, 0.2) is 47.4 Å². The van der Waals surface area contributed by atoms with Gasteiger partial charge in [-0.25, -0.2) is 4.68 Å². The smallest absolute Gasteiger partial charge is 0.268 e. The van der Waals surface area contributed by atoms with Gasteiger partial charge in [-0.2, -0.15) is 5.10 Å². The molecular formula is C15H18N4OS. The standard InChI is InChI=1S/C15H18N4OS/c1-18(2)12-8-14(20)19(17-9-12)10-13(15(16)21)11-6-4-3-5-7-11/h3-9,13H,10H2,1-2H3,(H2,16,21). The lowest BCUT2D eigenvalue weighted by Gasteiger charge is -2.17. The predicted octanol–water partition coefficient (Wildman–Crippen LogP) is 1.38. The minimum atomic E-state index is -0.211. The molecule has 0 bridgehead atoms. The molecule has 1 atom stereocenters. The SMILES string of the molecule is CN(C)c1cnn(CC(C(N)=S)c2ccccc2)c(=O)c1. The van der Waals surface area contributed by atoms with E-state index in [1.54, 1.807) is 12.3 Å². The highest BCUT2D eigenvalue weighted by Gasteiger charge is 2.16. The van der Waals surface area contributed by atoms with Gasteiger partial charge >= 0.3 is 0 Å². The van der Waals surface area contributed by atoms with E-state index >= 15 is 0 Å². The van der Waals surface area contributed by atoms with E-state index in [0.29, 0.717) is 11.5 Å². The molecule has 0 saturated heterocycles. The largest absolute Gasteiger partial charge is 0.393 e. The van der Waals surface area contributed by atoms with Crippen LogP contribution in [0.3, 0.4) is 0 Å². The summed E-state index contributed by atoms with van der Waals surface area (Å²) in [6.07, 6.45) is 1.66. The zero-order chi connectivity index (χ0) is 15.4. The van der Waals surface area contributed by atoms with Gasteiger partial charge in [0.1, 0.15) is 0 Å². The highest BCUT2D eigenvalue weighted by Crippen LogP contribution is 2.17. The highest BCUT2D eigenvalue weighted by molar-refractivity contribution is 7.80. The van der Waals surface area contributed by atoms with Crippen LogP contribution in [0.25, 0.3) is 0 Å². The average molecular weight is 302 g/mol. The van der Waals surface area contributed by atoms with Crippen molar-refractivity contribution >= 4 is 22.9 Å². The van der Waals surface area contributed by atoms with Crippen molar-refractivity contribution in [2.45, 2.75) is 12.5 Å². The molecule has 0 aliphatic heterocycles. The maximum atomic E-state index is 12.1. The molecule has 0 spiro atoms.